The summed E-state index contributed by atoms with van der Waals surface area (Å²) in [5.74, 6) is 0. The van der Waals surface area contributed by atoms with Crippen LogP contribution in [0.4, 0.5) is 10.5 Å². The lowest BCUT2D eigenvalue weighted by Gasteiger charge is -2.16. The number of rotatable bonds is 2. The Morgan fingerprint density at radius 2 is 2.27 bits per heavy atom. The van der Waals surface area contributed by atoms with Crippen LogP contribution in [0, 0.1) is 0 Å². The molecule has 0 saturated heterocycles. The number of nitrogens with one attached hydrogen (secondary N) is 1. The molecule has 1 aromatic rings. The molecule has 0 spiro atoms. The molecular formula is C10H12BrClN2O. The minimum absolute atomic E-state index is 0.169. The quantitative estimate of drug-likeness (QED) is 0.887. The minimum atomic E-state index is -0.169. The molecule has 1 aromatic carbocycles. The van der Waals surface area contributed by atoms with Gasteiger partial charge in [0.1, 0.15) is 0 Å². The van der Waals surface area contributed by atoms with Crippen molar-refractivity contribution in [3.05, 3.63) is 27.7 Å². The number of hydrogen-bond donors (Lipinski definition) is 1. The van der Waals surface area contributed by atoms with E-state index in [9.17, 15) is 4.79 Å². The maximum Gasteiger partial charge on any atom is 0.321 e. The van der Waals surface area contributed by atoms with Crippen LogP contribution in [0.3, 0.4) is 0 Å². The Morgan fingerprint density at radius 3 is 2.87 bits per heavy atom. The number of urea groups is 1. The molecule has 0 bridgehead atoms. The van der Waals surface area contributed by atoms with E-state index in [0.29, 0.717) is 17.3 Å². The standard InChI is InChI=1S/C10H12BrClN2O/c1-3-14(2)10(15)13-9-6-7(11)4-5-8(9)12/h4-6H,3H2,1-2H3,(H,13,15). The van der Waals surface area contributed by atoms with Crippen LogP contribution in [-0.2, 0) is 0 Å². The molecular weight excluding hydrogens is 279 g/mol. The summed E-state index contributed by atoms with van der Waals surface area (Å²) >= 11 is 9.25. The Balaban J connectivity index is 2.80. The Bertz CT molecular complexity index is 370. The van der Waals surface area contributed by atoms with Gasteiger partial charge in [0.05, 0.1) is 10.7 Å². The molecule has 0 aliphatic rings. The molecule has 0 saturated carbocycles. The van der Waals surface area contributed by atoms with Crippen molar-refractivity contribution < 1.29 is 4.79 Å². The van der Waals surface area contributed by atoms with E-state index in [-0.39, 0.29) is 6.03 Å². The molecule has 0 radical (unpaired) electrons. The number of carbonyl (C=O) groups is 1. The number of hydrogen-bond acceptors (Lipinski definition) is 1. The summed E-state index contributed by atoms with van der Waals surface area (Å²) in [5.41, 5.74) is 0.608. The van der Waals surface area contributed by atoms with E-state index >= 15 is 0 Å². The van der Waals surface area contributed by atoms with E-state index in [1.54, 1.807) is 24.1 Å². The molecule has 0 unspecified atom stereocenters. The lowest BCUT2D eigenvalue weighted by molar-refractivity contribution is 0.224. The van der Waals surface area contributed by atoms with Gasteiger partial charge in [0.25, 0.3) is 0 Å². The van der Waals surface area contributed by atoms with Gasteiger partial charge in [0.15, 0.2) is 0 Å². The van der Waals surface area contributed by atoms with Crippen LogP contribution in [0.15, 0.2) is 22.7 Å². The van der Waals surface area contributed by atoms with Gasteiger partial charge in [-0.05, 0) is 25.1 Å². The van der Waals surface area contributed by atoms with E-state index in [1.165, 1.54) is 0 Å². The van der Waals surface area contributed by atoms with Crippen LogP contribution >= 0.6 is 27.5 Å². The molecule has 0 atom stereocenters. The van der Waals surface area contributed by atoms with Crippen molar-refractivity contribution in [2.75, 3.05) is 18.9 Å². The Labute approximate surface area is 103 Å². The summed E-state index contributed by atoms with van der Waals surface area (Å²) in [5, 5.41) is 3.25. The van der Waals surface area contributed by atoms with Crippen LogP contribution in [0.2, 0.25) is 5.02 Å². The van der Waals surface area contributed by atoms with Crippen LogP contribution in [-0.4, -0.2) is 24.5 Å². The molecule has 1 N–H and O–H groups in total. The van der Waals surface area contributed by atoms with Crippen LogP contribution < -0.4 is 5.32 Å². The molecule has 0 aromatic heterocycles. The first-order valence-corrected chi connectivity index (χ1v) is 5.69. The van der Waals surface area contributed by atoms with E-state index in [1.807, 2.05) is 13.0 Å². The van der Waals surface area contributed by atoms with Crippen molar-refractivity contribution in [2.24, 2.45) is 0 Å². The third kappa shape index (κ3) is 3.39. The van der Waals surface area contributed by atoms with Crippen molar-refractivity contribution in [2.45, 2.75) is 6.92 Å². The van der Waals surface area contributed by atoms with Gasteiger partial charge in [-0.15, -0.1) is 0 Å². The van der Waals surface area contributed by atoms with Gasteiger partial charge >= 0.3 is 6.03 Å². The number of benzene rings is 1. The van der Waals surface area contributed by atoms with Crippen molar-refractivity contribution in [1.29, 1.82) is 0 Å². The van der Waals surface area contributed by atoms with Gasteiger partial charge in [-0.2, -0.15) is 0 Å². The normalized spacial score (nSPS) is 9.87. The monoisotopic (exact) mass is 290 g/mol. The second-order valence-corrected chi connectivity index (χ2v) is 4.39. The maximum absolute atomic E-state index is 11.5. The van der Waals surface area contributed by atoms with E-state index < -0.39 is 0 Å². The summed E-state index contributed by atoms with van der Waals surface area (Å²) in [6.45, 7) is 2.56. The van der Waals surface area contributed by atoms with E-state index in [4.69, 9.17) is 11.6 Å². The molecule has 5 heteroatoms. The van der Waals surface area contributed by atoms with Gasteiger partial charge in [0.2, 0.25) is 0 Å². The van der Waals surface area contributed by atoms with Gasteiger partial charge in [-0.1, -0.05) is 27.5 Å². The highest BCUT2D eigenvalue weighted by Gasteiger charge is 2.08. The van der Waals surface area contributed by atoms with E-state index in [2.05, 4.69) is 21.2 Å². The molecule has 3 nitrogen and oxygen atoms in total. The van der Waals surface area contributed by atoms with Crippen molar-refractivity contribution >= 4 is 39.2 Å². The summed E-state index contributed by atoms with van der Waals surface area (Å²) in [6, 6.07) is 5.15. The number of anilines is 1. The van der Waals surface area contributed by atoms with Gasteiger partial charge in [-0.3, -0.25) is 0 Å². The average Bonchev–Trinajstić information content (AvgIpc) is 2.22. The Kier molecular flexibility index (Phi) is 4.42. The molecule has 2 amide bonds. The molecule has 0 fully saturated rings. The highest BCUT2D eigenvalue weighted by molar-refractivity contribution is 9.10. The fourth-order valence-electron chi connectivity index (χ4n) is 0.948. The minimum Gasteiger partial charge on any atom is -0.328 e. The SMILES string of the molecule is CCN(C)C(=O)Nc1cc(Br)ccc1Cl. The fourth-order valence-corrected chi connectivity index (χ4v) is 1.47. The predicted octanol–water partition coefficient (Wildman–Crippen LogP) is 3.59. The van der Waals surface area contributed by atoms with Gasteiger partial charge < -0.3 is 10.2 Å². The molecule has 82 valence electrons. The predicted molar refractivity (Wildman–Crippen MR) is 66.5 cm³/mol. The first kappa shape index (κ1) is 12.3. The number of carbonyl (C=O) groups excluding carboxylic acids is 1. The molecule has 0 heterocycles. The van der Waals surface area contributed by atoms with E-state index in [0.717, 1.165) is 4.47 Å². The lowest BCUT2D eigenvalue weighted by atomic mass is 10.3. The van der Waals surface area contributed by atoms with Crippen LogP contribution in [0.1, 0.15) is 6.92 Å². The third-order valence-corrected chi connectivity index (χ3v) is 2.81. The average molecular weight is 292 g/mol. The highest BCUT2D eigenvalue weighted by atomic mass is 79.9. The highest BCUT2D eigenvalue weighted by Crippen LogP contribution is 2.25. The van der Waals surface area contributed by atoms with Crippen LogP contribution in [0.5, 0.6) is 0 Å². The topological polar surface area (TPSA) is 32.3 Å². The molecule has 1 rings (SSSR count). The third-order valence-electron chi connectivity index (χ3n) is 1.99. The summed E-state index contributed by atoms with van der Waals surface area (Å²) in [4.78, 5) is 13.1. The van der Waals surface area contributed by atoms with Gasteiger partial charge in [0, 0.05) is 18.1 Å². The fraction of sp³-hybridized carbons (Fsp3) is 0.300. The smallest absolute Gasteiger partial charge is 0.321 e. The second kappa shape index (κ2) is 5.37. The maximum atomic E-state index is 11.5. The zero-order valence-electron chi connectivity index (χ0n) is 8.55. The molecule has 15 heavy (non-hydrogen) atoms. The summed E-state index contributed by atoms with van der Waals surface area (Å²) in [7, 11) is 1.72. The van der Waals surface area contributed by atoms with Crippen molar-refractivity contribution in [3.63, 3.8) is 0 Å². The Hall–Kier alpha value is -0.740. The molecule has 0 aliphatic heterocycles. The second-order valence-electron chi connectivity index (χ2n) is 3.07. The number of halogens is 2. The van der Waals surface area contributed by atoms with Crippen LogP contribution in [0.25, 0.3) is 0 Å². The number of nitrogens with zero attached hydrogens (tertiary/aromatic N) is 1. The first-order chi connectivity index (χ1) is 7.04. The molecule has 0 aliphatic carbocycles. The lowest BCUT2D eigenvalue weighted by Crippen LogP contribution is -2.31. The van der Waals surface area contributed by atoms with Crippen molar-refractivity contribution in [1.82, 2.24) is 4.90 Å². The number of amides is 2. The Morgan fingerprint density at radius 1 is 1.60 bits per heavy atom. The van der Waals surface area contributed by atoms with Crippen molar-refractivity contribution in [3.8, 4) is 0 Å². The zero-order chi connectivity index (χ0) is 11.4. The zero-order valence-corrected chi connectivity index (χ0v) is 10.9. The first-order valence-electron chi connectivity index (χ1n) is 4.51. The largest absolute Gasteiger partial charge is 0.328 e. The summed E-state index contributed by atoms with van der Waals surface area (Å²) < 4.78 is 0.876. The van der Waals surface area contributed by atoms with Gasteiger partial charge in [-0.25, -0.2) is 4.79 Å². The summed E-state index contributed by atoms with van der Waals surface area (Å²) in [6.07, 6.45) is 0.